The Morgan fingerprint density at radius 1 is 1.15 bits per heavy atom. The molecule has 0 aliphatic heterocycles. The Bertz CT molecular complexity index is 953. The van der Waals surface area contributed by atoms with Gasteiger partial charge in [0.25, 0.3) is 0 Å². The molecule has 1 N–H and O–H groups in total. The number of pyridine rings is 1. The fraction of sp³-hybridized carbons (Fsp3) is 0.273. The molecule has 0 spiro atoms. The predicted molar refractivity (Wildman–Crippen MR) is 109 cm³/mol. The normalized spacial score (nSPS) is 11.9. The molecule has 0 saturated carbocycles. The lowest BCUT2D eigenvalue weighted by atomic mass is 9.97. The maximum absolute atomic E-state index is 12.7. The first-order chi connectivity index (χ1) is 13.0. The molecule has 5 heteroatoms. The van der Waals surface area contributed by atoms with E-state index in [2.05, 4.69) is 16.4 Å². The zero-order valence-electron chi connectivity index (χ0n) is 16.2. The van der Waals surface area contributed by atoms with Crippen LogP contribution in [0.5, 0.6) is 5.75 Å². The number of anilines is 1. The molecule has 0 saturated heterocycles. The molecule has 0 radical (unpaired) electrons. The van der Waals surface area contributed by atoms with Gasteiger partial charge in [0.2, 0.25) is 5.91 Å². The Morgan fingerprint density at radius 3 is 2.63 bits per heavy atom. The van der Waals surface area contributed by atoms with Gasteiger partial charge < -0.3 is 15.0 Å². The summed E-state index contributed by atoms with van der Waals surface area (Å²) < 4.78 is 5.27. The number of hydrogen-bond acceptors (Lipinski definition) is 4. The molecule has 1 heterocycles. The minimum atomic E-state index is -0.240. The lowest BCUT2D eigenvalue weighted by Gasteiger charge is -2.17. The molecule has 3 aromatic rings. The first-order valence-corrected chi connectivity index (χ1v) is 8.96. The molecular formula is C22H25N3O2. The number of fused-ring (bicyclic) bond motifs is 1. The number of rotatable bonds is 6. The molecule has 1 aromatic heterocycles. The number of hydrogen-bond donors (Lipinski definition) is 1. The van der Waals surface area contributed by atoms with Gasteiger partial charge in [-0.3, -0.25) is 4.79 Å². The predicted octanol–water partition coefficient (Wildman–Crippen LogP) is 3.73. The number of carbonyl (C=O) groups excluding carboxylic acids is 1. The van der Waals surface area contributed by atoms with Crippen LogP contribution >= 0.6 is 0 Å². The molecule has 140 valence electrons. The molecule has 3 rings (SSSR count). The van der Waals surface area contributed by atoms with Gasteiger partial charge in [-0.15, -0.1) is 0 Å². The third-order valence-electron chi connectivity index (χ3n) is 4.71. The van der Waals surface area contributed by atoms with E-state index in [4.69, 9.17) is 4.74 Å². The van der Waals surface area contributed by atoms with Crippen molar-refractivity contribution in [2.75, 3.05) is 26.1 Å². The van der Waals surface area contributed by atoms with E-state index in [9.17, 15) is 4.79 Å². The van der Waals surface area contributed by atoms with Crippen LogP contribution in [0.15, 0.2) is 54.7 Å². The number of carbonyl (C=O) groups is 1. The van der Waals surface area contributed by atoms with Gasteiger partial charge in [-0.05, 0) is 41.5 Å². The van der Waals surface area contributed by atoms with Crippen molar-refractivity contribution in [1.29, 1.82) is 0 Å². The third kappa shape index (κ3) is 4.19. The Labute approximate surface area is 160 Å². The number of amides is 1. The summed E-state index contributed by atoms with van der Waals surface area (Å²) in [5, 5.41) is 5.22. The summed E-state index contributed by atoms with van der Waals surface area (Å²) in [6.45, 7) is 2.38. The third-order valence-corrected chi connectivity index (χ3v) is 4.71. The van der Waals surface area contributed by atoms with Gasteiger partial charge in [0, 0.05) is 32.4 Å². The van der Waals surface area contributed by atoms with Crippen molar-refractivity contribution in [2.45, 2.75) is 19.4 Å². The summed E-state index contributed by atoms with van der Waals surface area (Å²) in [4.78, 5) is 19.0. The van der Waals surface area contributed by atoms with Crippen LogP contribution < -0.4 is 15.0 Å². The standard InChI is InChI=1S/C22H25N3O2/c1-15(16-7-8-18-13-20(27-4)10-9-17(18)12-16)22(26)24-14-19-6-5-11-23-21(19)25(2)3/h5-13,15H,14H2,1-4H3,(H,24,26)/t15-/m0/s1. The van der Waals surface area contributed by atoms with Crippen LogP contribution in [0.3, 0.4) is 0 Å². The minimum absolute atomic E-state index is 0.00331. The number of methoxy groups -OCH3 is 1. The lowest BCUT2D eigenvalue weighted by Crippen LogP contribution is -2.28. The second-order valence-electron chi connectivity index (χ2n) is 6.79. The van der Waals surface area contributed by atoms with Crippen molar-refractivity contribution >= 4 is 22.5 Å². The van der Waals surface area contributed by atoms with Gasteiger partial charge in [0.05, 0.1) is 13.0 Å². The smallest absolute Gasteiger partial charge is 0.227 e. The Balaban J connectivity index is 1.73. The van der Waals surface area contributed by atoms with E-state index < -0.39 is 0 Å². The van der Waals surface area contributed by atoms with E-state index in [1.807, 2.05) is 68.4 Å². The molecule has 5 nitrogen and oxygen atoms in total. The number of aromatic nitrogens is 1. The second kappa shape index (κ2) is 8.08. The fourth-order valence-corrected chi connectivity index (χ4v) is 3.10. The van der Waals surface area contributed by atoms with E-state index in [0.717, 1.165) is 33.5 Å². The summed E-state index contributed by atoms with van der Waals surface area (Å²) in [6, 6.07) is 15.9. The van der Waals surface area contributed by atoms with Gasteiger partial charge in [0.15, 0.2) is 0 Å². The van der Waals surface area contributed by atoms with Crippen LogP contribution in [0.4, 0.5) is 5.82 Å². The number of benzene rings is 2. The molecule has 0 aliphatic rings. The first kappa shape index (κ1) is 18.7. The van der Waals surface area contributed by atoms with Crippen LogP contribution in [-0.4, -0.2) is 32.1 Å². The topological polar surface area (TPSA) is 54.5 Å². The zero-order chi connectivity index (χ0) is 19.4. The molecule has 0 bridgehead atoms. The largest absolute Gasteiger partial charge is 0.497 e. The highest BCUT2D eigenvalue weighted by molar-refractivity contribution is 5.88. The van der Waals surface area contributed by atoms with Crippen LogP contribution in [-0.2, 0) is 11.3 Å². The molecule has 0 aliphatic carbocycles. The number of nitrogens with one attached hydrogen (secondary N) is 1. The van der Waals surface area contributed by atoms with Crippen molar-refractivity contribution < 1.29 is 9.53 Å². The second-order valence-corrected chi connectivity index (χ2v) is 6.79. The van der Waals surface area contributed by atoms with Crippen LogP contribution in [0.1, 0.15) is 24.0 Å². The van der Waals surface area contributed by atoms with Gasteiger partial charge in [-0.2, -0.15) is 0 Å². The van der Waals surface area contributed by atoms with Crippen molar-refractivity contribution in [3.8, 4) is 5.75 Å². The van der Waals surface area contributed by atoms with Crippen LogP contribution in [0, 0.1) is 0 Å². The highest BCUT2D eigenvalue weighted by Gasteiger charge is 2.16. The maximum atomic E-state index is 12.7. The van der Waals surface area contributed by atoms with Gasteiger partial charge >= 0.3 is 0 Å². The molecule has 0 fully saturated rings. The lowest BCUT2D eigenvalue weighted by molar-refractivity contribution is -0.122. The van der Waals surface area contributed by atoms with Crippen molar-refractivity contribution in [3.63, 3.8) is 0 Å². The molecule has 1 atom stereocenters. The highest BCUT2D eigenvalue weighted by Crippen LogP contribution is 2.25. The maximum Gasteiger partial charge on any atom is 0.227 e. The summed E-state index contributed by atoms with van der Waals surface area (Å²) in [5.74, 6) is 1.45. The summed E-state index contributed by atoms with van der Waals surface area (Å²) in [5.41, 5.74) is 1.98. The Kier molecular flexibility index (Phi) is 5.60. The summed E-state index contributed by atoms with van der Waals surface area (Å²) >= 11 is 0. The molecule has 2 aromatic carbocycles. The van der Waals surface area contributed by atoms with Crippen LogP contribution in [0.2, 0.25) is 0 Å². The van der Waals surface area contributed by atoms with Gasteiger partial charge in [-0.25, -0.2) is 4.98 Å². The van der Waals surface area contributed by atoms with Crippen molar-refractivity contribution in [2.24, 2.45) is 0 Å². The van der Waals surface area contributed by atoms with Crippen molar-refractivity contribution in [1.82, 2.24) is 10.3 Å². The van der Waals surface area contributed by atoms with E-state index in [1.165, 1.54) is 0 Å². The zero-order valence-corrected chi connectivity index (χ0v) is 16.2. The first-order valence-electron chi connectivity index (χ1n) is 8.96. The van der Waals surface area contributed by atoms with Gasteiger partial charge in [0.1, 0.15) is 11.6 Å². The monoisotopic (exact) mass is 363 g/mol. The molecule has 27 heavy (non-hydrogen) atoms. The summed E-state index contributed by atoms with van der Waals surface area (Å²) in [6.07, 6.45) is 1.76. The molecular weight excluding hydrogens is 338 g/mol. The highest BCUT2D eigenvalue weighted by atomic mass is 16.5. The SMILES string of the molecule is COc1ccc2cc([C@H](C)C(=O)NCc3cccnc3N(C)C)ccc2c1. The number of nitrogens with zero attached hydrogens (tertiary/aromatic N) is 2. The van der Waals surface area contributed by atoms with E-state index >= 15 is 0 Å². The van der Waals surface area contributed by atoms with Crippen LogP contribution in [0.25, 0.3) is 10.8 Å². The minimum Gasteiger partial charge on any atom is -0.497 e. The average Bonchev–Trinajstić information content (AvgIpc) is 2.70. The Hall–Kier alpha value is -3.08. The Morgan fingerprint density at radius 2 is 1.89 bits per heavy atom. The van der Waals surface area contributed by atoms with Gasteiger partial charge in [-0.1, -0.05) is 30.3 Å². The van der Waals surface area contributed by atoms with E-state index in [0.29, 0.717) is 6.54 Å². The van der Waals surface area contributed by atoms with E-state index in [1.54, 1.807) is 13.3 Å². The molecule has 0 unspecified atom stereocenters. The van der Waals surface area contributed by atoms with E-state index in [-0.39, 0.29) is 11.8 Å². The average molecular weight is 363 g/mol. The molecule has 1 amide bonds. The number of ether oxygens (including phenoxy) is 1. The quantitative estimate of drug-likeness (QED) is 0.725. The fourth-order valence-electron chi connectivity index (χ4n) is 3.10. The summed E-state index contributed by atoms with van der Waals surface area (Å²) in [7, 11) is 5.55. The van der Waals surface area contributed by atoms with Crippen molar-refractivity contribution in [3.05, 3.63) is 65.9 Å².